The zero-order valence-corrected chi connectivity index (χ0v) is 12.9. The summed E-state index contributed by atoms with van der Waals surface area (Å²) in [5.74, 6) is 0.663. The highest BCUT2D eigenvalue weighted by atomic mass is 32.2. The highest BCUT2D eigenvalue weighted by Gasteiger charge is 2.32. The number of aromatic amines is 1. The van der Waals surface area contributed by atoms with Gasteiger partial charge in [0.15, 0.2) is 5.03 Å². The molecule has 0 saturated carbocycles. The van der Waals surface area contributed by atoms with Crippen LogP contribution >= 0.6 is 0 Å². The van der Waals surface area contributed by atoms with Gasteiger partial charge in [0.2, 0.25) is 0 Å². The van der Waals surface area contributed by atoms with E-state index in [2.05, 4.69) is 9.97 Å². The van der Waals surface area contributed by atoms with Crippen LogP contribution < -0.4 is 10.0 Å². The van der Waals surface area contributed by atoms with E-state index in [4.69, 9.17) is 5.73 Å². The zero-order chi connectivity index (χ0) is 15.2. The standard InChI is InChI=1S/C14H18N4O2S/c1-3-13-16-8-14(17-13)21(19,20)18-5-4-10-6-9(2)11(15)7-12(10)18/h6-8H,3-5,15H2,1-2H3,(H,16,17). The van der Waals surface area contributed by atoms with Gasteiger partial charge in [-0.25, -0.2) is 4.98 Å². The molecule has 0 aliphatic carbocycles. The number of anilines is 2. The van der Waals surface area contributed by atoms with E-state index >= 15 is 0 Å². The molecule has 2 aromatic rings. The summed E-state index contributed by atoms with van der Waals surface area (Å²) in [7, 11) is -3.61. The van der Waals surface area contributed by atoms with Crippen LogP contribution in [0.4, 0.5) is 11.4 Å². The number of imidazole rings is 1. The number of benzene rings is 1. The molecule has 6 nitrogen and oxygen atoms in total. The van der Waals surface area contributed by atoms with E-state index in [1.54, 1.807) is 6.07 Å². The number of rotatable bonds is 3. The number of fused-ring (bicyclic) bond motifs is 1. The molecule has 0 unspecified atom stereocenters. The maximum absolute atomic E-state index is 12.7. The van der Waals surface area contributed by atoms with Gasteiger partial charge in [0.05, 0.1) is 11.9 Å². The van der Waals surface area contributed by atoms with Crippen molar-refractivity contribution in [3.05, 3.63) is 35.3 Å². The number of sulfonamides is 1. The molecule has 112 valence electrons. The Bertz CT molecular complexity index is 795. The minimum atomic E-state index is -3.61. The van der Waals surface area contributed by atoms with Gasteiger partial charge in [0, 0.05) is 18.7 Å². The first-order chi connectivity index (χ1) is 9.93. The van der Waals surface area contributed by atoms with E-state index in [1.165, 1.54) is 10.5 Å². The maximum Gasteiger partial charge on any atom is 0.281 e. The molecule has 0 spiro atoms. The SMILES string of the molecule is CCc1ncc(S(=O)(=O)N2CCc3cc(C)c(N)cc32)[nH]1. The monoisotopic (exact) mass is 306 g/mol. The molecule has 0 radical (unpaired) electrons. The van der Waals surface area contributed by atoms with Crippen LogP contribution in [-0.2, 0) is 22.9 Å². The summed E-state index contributed by atoms with van der Waals surface area (Å²) >= 11 is 0. The highest BCUT2D eigenvalue weighted by Crippen LogP contribution is 2.35. The number of nitrogens with one attached hydrogen (secondary N) is 1. The maximum atomic E-state index is 12.7. The Hall–Kier alpha value is -2.02. The summed E-state index contributed by atoms with van der Waals surface area (Å²) in [4.78, 5) is 6.94. The summed E-state index contributed by atoms with van der Waals surface area (Å²) in [6, 6.07) is 3.71. The van der Waals surface area contributed by atoms with Crippen LogP contribution in [0, 0.1) is 6.92 Å². The van der Waals surface area contributed by atoms with E-state index in [0.29, 0.717) is 36.6 Å². The normalized spacial score (nSPS) is 14.5. The molecular weight excluding hydrogens is 288 g/mol. The van der Waals surface area contributed by atoms with Crippen molar-refractivity contribution < 1.29 is 8.42 Å². The fraction of sp³-hybridized carbons (Fsp3) is 0.357. The van der Waals surface area contributed by atoms with Crippen molar-refractivity contribution >= 4 is 21.4 Å². The van der Waals surface area contributed by atoms with Crippen LogP contribution in [0.1, 0.15) is 23.9 Å². The number of hydrogen-bond acceptors (Lipinski definition) is 4. The second kappa shape index (κ2) is 4.77. The number of hydrogen-bond donors (Lipinski definition) is 2. The molecule has 1 aliphatic rings. The molecule has 3 rings (SSSR count). The van der Waals surface area contributed by atoms with Gasteiger partial charge in [-0.2, -0.15) is 8.42 Å². The molecule has 1 aromatic heterocycles. The van der Waals surface area contributed by atoms with Gasteiger partial charge in [-0.05, 0) is 30.5 Å². The number of aromatic nitrogens is 2. The smallest absolute Gasteiger partial charge is 0.281 e. The average Bonchev–Trinajstić information content (AvgIpc) is 3.06. The first-order valence-electron chi connectivity index (χ1n) is 6.89. The molecule has 0 amide bonds. The third kappa shape index (κ3) is 2.17. The van der Waals surface area contributed by atoms with Crippen molar-refractivity contribution in [1.29, 1.82) is 0 Å². The largest absolute Gasteiger partial charge is 0.398 e. The van der Waals surface area contributed by atoms with Crippen molar-refractivity contribution in [2.45, 2.75) is 31.7 Å². The molecule has 1 aliphatic heterocycles. The van der Waals surface area contributed by atoms with E-state index in [0.717, 1.165) is 11.1 Å². The average molecular weight is 306 g/mol. The Morgan fingerprint density at radius 1 is 1.43 bits per heavy atom. The van der Waals surface area contributed by atoms with Crippen LogP contribution in [0.3, 0.4) is 0 Å². The van der Waals surface area contributed by atoms with Gasteiger partial charge >= 0.3 is 0 Å². The summed E-state index contributed by atoms with van der Waals surface area (Å²) in [5, 5.41) is 0.131. The number of nitrogens with zero attached hydrogens (tertiary/aromatic N) is 2. The Balaban J connectivity index is 2.05. The van der Waals surface area contributed by atoms with E-state index in [9.17, 15) is 8.42 Å². The summed E-state index contributed by atoms with van der Waals surface area (Å²) in [5.41, 5.74) is 9.19. The molecule has 0 atom stereocenters. The van der Waals surface area contributed by atoms with Gasteiger partial charge in [0.1, 0.15) is 5.82 Å². The Labute approximate surface area is 124 Å². The van der Waals surface area contributed by atoms with Gasteiger partial charge in [0.25, 0.3) is 10.0 Å². The number of H-pyrrole nitrogens is 1. The van der Waals surface area contributed by atoms with Crippen LogP contribution in [-0.4, -0.2) is 24.9 Å². The van der Waals surface area contributed by atoms with Crippen LogP contribution in [0.25, 0.3) is 0 Å². The zero-order valence-electron chi connectivity index (χ0n) is 12.0. The van der Waals surface area contributed by atoms with Crippen molar-refractivity contribution in [1.82, 2.24) is 9.97 Å². The molecule has 1 aromatic carbocycles. The highest BCUT2D eigenvalue weighted by molar-refractivity contribution is 7.92. The summed E-state index contributed by atoms with van der Waals surface area (Å²) in [6.07, 6.45) is 2.74. The first-order valence-corrected chi connectivity index (χ1v) is 8.33. The minimum absolute atomic E-state index is 0.131. The lowest BCUT2D eigenvalue weighted by molar-refractivity contribution is 0.589. The van der Waals surface area contributed by atoms with Gasteiger partial charge in [-0.15, -0.1) is 0 Å². The van der Waals surface area contributed by atoms with Gasteiger partial charge < -0.3 is 10.7 Å². The minimum Gasteiger partial charge on any atom is -0.398 e. The molecule has 3 N–H and O–H groups in total. The van der Waals surface area contributed by atoms with Crippen molar-refractivity contribution in [3.63, 3.8) is 0 Å². The quantitative estimate of drug-likeness (QED) is 0.843. The van der Waals surface area contributed by atoms with Crippen molar-refractivity contribution in [2.75, 3.05) is 16.6 Å². The molecule has 0 bridgehead atoms. The fourth-order valence-electron chi connectivity index (χ4n) is 2.57. The number of nitrogen functional groups attached to an aromatic ring is 1. The predicted molar refractivity (Wildman–Crippen MR) is 81.8 cm³/mol. The fourth-order valence-corrected chi connectivity index (χ4v) is 4.00. The Kier molecular flexibility index (Phi) is 3.16. The third-order valence-electron chi connectivity index (χ3n) is 3.83. The van der Waals surface area contributed by atoms with Gasteiger partial charge in [-0.1, -0.05) is 13.0 Å². The molecule has 0 saturated heterocycles. The summed E-state index contributed by atoms with van der Waals surface area (Å²) in [6.45, 7) is 4.28. The lowest BCUT2D eigenvalue weighted by atomic mass is 10.1. The van der Waals surface area contributed by atoms with Crippen molar-refractivity contribution in [3.8, 4) is 0 Å². The van der Waals surface area contributed by atoms with Crippen molar-refractivity contribution in [2.24, 2.45) is 0 Å². The molecular formula is C14H18N4O2S. The topological polar surface area (TPSA) is 92.1 Å². The molecule has 7 heteroatoms. The lowest BCUT2D eigenvalue weighted by Crippen LogP contribution is -2.29. The molecule has 21 heavy (non-hydrogen) atoms. The van der Waals surface area contributed by atoms with E-state index < -0.39 is 10.0 Å². The number of nitrogens with two attached hydrogens (primary N) is 1. The second-order valence-electron chi connectivity index (χ2n) is 5.21. The van der Waals surface area contributed by atoms with Gasteiger partial charge in [-0.3, -0.25) is 4.31 Å². The third-order valence-corrected chi connectivity index (χ3v) is 5.55. The van der Waals surface area contributed by atoms with E-state index in [1.807, 2.05) is 19.9 Å². The predicted octanol–water partition coefficient (Wildman–Crippen LogP) is 1.61. The van der Waals surface area contributed by atoms with Crippen LogP contribution in [0.5, 0.6) is 0 Å². The Morgan fingerprint density at radius 3 is 2.86 bits per heavy atom. The van der Waals surface area contributed by atoms with Crippen LogP contribution in [0.15, 0.2) is 23.4 Å². The molecule has 2 heterocycles. The number of aryl methyl sites for hydroxylation is 2. The lowest BCUT2D eigenvalue weighted by Gasteiger charge is -2.19. The molecule has 0 fully saturated rings. The second-order valence-corrected chi connectivity index (χ2v) is 7.04. The summed E-state index contributed by atoms with van der Waals surface area (Å²) < 4.78 is 26.9. The van der Waals surface area contributed by atoms with E-state index in [-0.39, 0.29) is 5.03 Å². The van der Waals surface area contributed by atoms with Crippen LogP contribution in [0.2, 0.25) is 0 Å². The Morgan fingerprint density at radius 2 is 2.19 bits per heavy atom. The first kappa shape index (κ1) is 13.9.